The van der Waals surface area contributed by atoms with Crippen LogP contribution in [0.3, 0.4) is 0 Å². The molecule has 1 fully saturated rings. The first kappa shape index (κ1) is 22.4. The van der Waals surface area contributed by atoms with Crippen LogP contribution in [0.25, 0.3) is 0 Å². The van der Waals surface area contributed by atoms with E-state index in [0.29, 0.717) is 32.3 Å². The molecule has 0 spiro atoms. The zero-order valence-corrected chi connectivity index (χ0v) is 16.6. The summed E-state index contributed by atoms with van der Waals surface area (Å²) in [5, 5.41) is 9.47. The van der Waals surface area contributed by atoms with Gasteiger partial charge in [-0.25, -0.2) is 0 Å². The maximum Gasteiger partial charge on any atom is 0.322 e. The highest BCUT2D eigenvalue weighted by Crippen LogP contribution is 2.12. The average Bonchev–Trinajstić information content (AvgIpc) is 2.53. The summed E-state index contributed by atoms with van der Waals surface area (Å²) in [5.41, 5.74) is 0. The zero-order valence-electron chi connectivity index (χ0n) is 16.6. The zero-order chi connectivity index (χ0) is 18.7. The fourth-order valence-corrected chi connectivity index (χ4v) is 3.11. The summed E-state index contributed by atoms with van der Waals surface area (Å²) in [6.07, 6.45) is 2.31. The number of hydrogen-bond acceptors (Lipinski definition) is 5. The molecule has 0 radical (unpaired) electrons. The predicted molar refractivity (Wildman–Crippen MR) is 100.0 cm³/mol. The van der Waals surface area contributed by atoms with Gasteiger partial charge >= 0.3 is 5.97 Å². The molecular formula is C19H38N2O4. The number of rotatable bonds is 13. The summed E-state index contributed by atoms with van der Waals surface area (Å²) in [5.74, 6) is 0.494. The van der Waals surface area contributed by atoms with Crippen molar-refractivity contribution in [2.45, 2.75) is 46.6 Å². The lowest BCUT2D eigenvalue weighted by Gasteiger charge is -2.40. The molecule has 0 aliphatic carbocycles. The Bertz CT molecular complexity index is 363. The van der Waals surface area contributed by atoms with Crippen LogP contribution in [0.2, 0.25) is 0 Å². The van der Waals surface area contributed by atoms with Gasteiger partial charge < -0.3 is 14.6 Å². The van der Waals surface area contributed by atoms with Crippen molar-refractivity contribution in [3.8, 4) is 0 Å². The molecule has 6 heteroatoms. The first-order chi connectivity index (χ1) is 11.9. The maximum atomic E-state index is 11.5. The molecule has 1 rings (SSSR count). The van der Waals surface area contributed by atoms with Gasteiger partial charge in [-0.15, -0.1) is 0 Å². The van der Waals surface area contributed by atoms with Gasteiger partial charge in [-0.1, -0.05) is 27.7 Å². The Morgan fingerprint density at radius 1 is 1.04 bits per heavy atom. The Hall–Kier alpha value is -0.690. The lowest BCUT2D eigenvalue weighted by Crippen LogP contribution is -2.57. The van der Waals surface area contributed by atoms with Crippen LogP contribution in [-0.2, 0) is 14.3 Å². The van der Waals surface area contributed by atoms with Crippen molar-refractivity contribution in [3.63, 3.8) is 0 Å². The quantitative estimate of drug-likeness (QED) is 0.509. The van der Waals surface area contributed by atoms with Crippen molar-refractivity contribution in [3.05, 3.63) is 0 Å². The summed E-state index contributed by atoms with van der Waals surface area (Å²) in [6.45, 7) is 15.3. The Balaban J connectivity index is 2.10. The van der Waals surface area contributed by atoms with E-state index in [0.717, 1.165) is 45.1 Å². The van der Waals surface area contributed by atoms with Gasteiger partial charge in [0.05, 0.1) is 19.8 Å². The molecule has 0 unspecified atom stereocenters. The molecule has 1 atom stereocenters. The van der Waals surface area contributed by atoms with Gasteiger partial charge in [0, 0.05) is 39.3 Å². The third kappa shape index (κ3) is 10.1. The predicted octanol–water partition coefficient (Wildman–Crippen LogP) is 2.18. The van der Waals surface area contributed by atoms with E-state index >= 15 is 0 Å². The molecule has 1 aliphatic rings. The van der Waals surface area contributed by atoms with Gasteiger partial charge in [-0.3, -0.25) is 14.6 Å². The molecule has 0 saturated carbocycles. The third-order valence-corrected chi connectivity index (χ3v) is 4.45. The van der Waals surface area contributed by atoms with Gasteiger partial charge in [-0.05, 0) is 24.7 Å². The molecule has 148 valence electrons. The largest absolute Gasteiger partial charge is 0.480 e. The highest BCUT2D eigenvalue weighted by Gasteiger charge is 2.32. The minimum absolute atomic E-state index is 0.402. The lowest BCUT2D eigenvalue weighted by atomic mass is 10.1. The number of piperazine rings is 1. The number of aliphatic carboxylic acids is 1. The number of ether oxygens (including phenoxy) is 2. The van der Waals surface area contributed by atoms with E-state index in [1.165, 1.54) is 6.42 Å². The molecule has 1 heterocycles. The number of hydrogen-bond donors (Lipinski definition) is 1. The van der Waals surface area contributed by atoms with E-state index in [1.54, 1.807) is 0 Å². The van der Waals surface area contributed by atoms with Crippen LogP contribution < -0.4 is 0 Å². The molecule has 1 saturated heterocycles. The molecule has 6 nitrogen and oxygen atoms in total. The molecule has 0 aromatic heterocycles. The fraction of sp³-hybridized carbons (Fsp3) is 0.947. The van der Waals surface area contributed by atoms with E-state index in [4.69, 9.17) is 9.47 Å². The molecular weight excluding hydrogens is 320 g/mol. The van der Waals surface area contributed by atoms with E-state index in [1.807, 2.05) is 0 Å². The fourth-order valence-electron chi connectivity index (χ4n) is 3.11. The first-order valence-electron chi connectivity index (χ1n) is 9.74. The van der Waals surface area contributed by atoms with Gasteiger partial charge in [-0.2, -0.15) is 0 Å². The second kappa shape index (κ2) is 12.6. The Morgan fingerprint density at radius 2 is 1.72 bits per heavy atom. The standard InChI is InChI=1S/C19H38N2O4/c1-16(2)6-5-10-24-12-13-25-11-9-20-7-8-21(14-17(3)4)18(15-20)19(22)23/h16-18H,5-15H2,1-4H3,(H,22,23)/t18-/m0/s1. The number of carbonyl (C=O) groups is 1. The maximum absolute atomic E-state index is 11.5. The van der Waals surface area contributed by atoms with Crippen LogP contribution in [0, 0.1) is 11.8 Å². The Kier molecular flexibility index (Phi) is 11.3. The van der Waals surface area contributed by atoms with E-state index < -0.39 is 12.0 Å². The van der Waals surface area contributed by atoms with Crippen LogP contribution in [-0.4, -0.2) is 86.1 Å². The minimum Gasteiger partial charge on any atom is -0.480 e. The summed E-state index contributed by atoms with van der Waals surface area (Å²) in [6, 6.07) is -0.402. The van der Waals surface area contributed by atoms with E-state index in [-0.39, 0.29) is 0 Å². The van der Waals surface area contributed by atoms with Gasteiger partial charge in [0.2, 0.25) is 0 Å². The van der Waals surface area contributed by atoms with Crippen molar-refractivity contribution in [2.24, 2.45) is 11.8 Å². The number of carboxylic acids is 1. The van der Waals surface area contributed by atoms with Crippen LogP contribution in [0.15, 0.2) is 0 Å². The second-order valence-corrected chi connectivity index (χ2v) is 7.80. The molecule has 1 N–H and O–H groups in total. The Labute approximate surface area is 153 Å². The third-order valence-electron chi connectivity index (χ3n) is 4.45. The SMILES string of the molecule is CC(C)CCCOCCOCCN1CCN(CC(C)C)[C@H](C(=O)O)C1. The summed E-state index contributed by atoms with van der Waals surface area (Å²) >= 11 is 0. The van der Waals surface area contributed by atoms with Crippen LogP contribution in [0.1, 0.15) is 40.5 Å². The van der Waals surface area contributed by atoms with Crippen LogP contribution >= 0.6 is 0 Å². The highest BCUT2D eigenvalue weighted by atomic mass is 16.5. The van der Waals surface area contributed by atoms with E-state index in [9.17, 15) is 9.90 Å². The van der Waals surface area contributed by atoms with Crippen molar-refractivity contribution < 1.29 is 19.4 Å². The second-order valence-electron chi connectivity index (χ2n) is 7.80. The molecule has 1 aliphatic heterocycles. The lowest BCUT2D eigenvalue weighted by molar-refractivity contribution is -0.146. The normalized spacial score (nSPS) is 19.8. The molecule has 25 heavy (non-hydrogen) atoms. The topological polar surface area (TPSA) is 62.2 Å². The van der Waals surface area contributed by atoms with Crippen molar-refractivity contribution in [1.82, 2.24) is 9.80 Å². The van der Waals surface area contributed by atoms with Gasteiger partial charge in [0.15, 0.2) is 0 Å². The number of nitrogens with zero attached hydrogens (tertiary/aromatic N) is 2. The minimum atomic E-state index is -0.721. The van der Waals surface area contributed by atoms with Crippen molar-refractivity contribution >= 4 is 5.97 Å². The summed E-state index contributed by atoms with van der Waals surface area (Å²) in [7, 11) is 0. The Morgan fingerprint density at radius 3 is 2.32 bits per heavy atom. The van der Waals surface area contributed by atoms with E-state index in [2.05, 4.69) is 37.5 Å². The number of carboxylic acid groups (broad SMARTS) is 1. The van der Waals surface area contributed by atoms with Crippen LogP contribution in [0.5, 0.6) is 0 Å². The van der Waals surface area contributed by atoms with Crippen molar-refractivity contribution in [2.75, 3.05) is 59.2 Å². The highest BCUT2D eigenvalue weighted by molar-refractivity contribution is 5.74. The molecule has 0 bridgehead atoms. The summed E-state index contributed by atoms with van der Waals surface area (Å²) in [4.78, 5) is 15.8. The first-order valence-corrected chi connectivity index (χ1v) is 9.74. The smallest absolute Gasteiger partial charge is 0.322 e. The van der Waals surface area contributed by atoms with Gasteiger partial charge in [0.1, 0.15) is 6.04 Å². The molecule has 0 aromatic carbocycles. The average molecular weight is 359 g/mol. The summed E-state index contributed by atoms with van der Waals surface area (Å²) < 4.78 is 11.2. The molecule has 0 aromatic rings. The van der Waals surface area contributed by atoms with Crippen LogP contribution in [0.4, 0.5) is 0 Å². The monoisotopic (exact) mass is 358 g/mol. The van der Waals surface area contributed by atoms with Crippen molar-refractivity contribution in [1.29, 1.82) is 0 Å². The van der Waals surface area contributed by atoms with Gasteiger partial charge in [0.25, 0.3) is 0 Å². The molecule has 0 amide bonds.